The first-order valence-corrected chi connectivity index (χ1v) is 5.35. The number of aldehydes is 1. The molecule has 0 aromatic carbocycles. The average molecular weight is 232 g/mol. The topological polar surface area (TPSA) is 96.8 Å². The highest BCUT2D eigenvalue weighted by Crippen LogP contribution is 2.28. The Bertz CT molecular complexity index is 235. The smallest absolute Gasteiger partial charge is 0.182 e. The maximum Gasteiger partial charge on any atom is 0.182 e. The van der Waals surface area contributed by atoms with Crippen LogP contribution in [0.1, 0.15) is 26.7 Å². The molecule has 4 N–H and O–H groups in total. The second-order valence-electron chi connectivity index (χ2n) is 4.44. The number of carbonyl (C=O) groups excluding carboxylic acids is 1. The van der Waals surface area contributed by atoms with E-state index in [0.29, 0.717) is 19.1 Å². The number of ether oxygens (including phenoxy) is 2. The van der Waals surface area contributed by atoms with E-state index in [0.717, 1.165) is 0 Å². The minimum absolute atomic E-state index is 0.0234. The summed E-state index contributed by atoms with van der Waals surface area (Å²) in [5.74, 6) is 4.23. The van der Waals surface area contributed by atoms with Gasteiger partial charge >= 0.3 is 0 Å². The van der Waals surface area contributed by atoms with Crippen LogP contribution in [0, 0.1) is 0 Å². The van der Waals surface area contributed by atoms with Gasteiger partial charge < -0.3 is 20.0 Å². The van der Waals surface area contributed by atoms with E-state index in [1.165, 1.54) is 0 Å². The summed E-state index contributed by atoms with van der Waals surface area (Å²) in [5.41, 5.74) is 5.83. The van der Waals surface area contributed by atoms with Crippen molar-refractivity contribution in [1.82, 2.24) is 0 Å². The second kappa shape index (κ2) is 5.70. The monoisotopic (exact) mass is 232 g/mol. The Hall–Kier alpha value is -0.530. The van der Waals surface area contributed by atoms with Crippen molar-refractivity contribution in [2.45, 2.75) is 50.7 Å². The van der Waals surface area contributed by atoms with Crippen molar-refractivity contribution in [2.75, 3.05) is 6.61 Å². The Kier molecular flexibility index (Phi) is 4.82. The maximum absolute atomic E-state index is 10.2. The first-order chi connectivity index (χ1) is 7.48. The zero-order valence-corrected chi connectivity index (χ0v) is 9.72. The number of rotatable bonds is 6. The molecule has 1 saturated carbocycles. The summed E-state index contributed by atoms with van der Waals surface area (Å²) >= 11 is 0. The van der Waals surface area contributed by atoms with Gasteiger partial charge in [0.05, 0.1) is 12.2 Å². The Morgan fingerprint density at radius 2 is 2.00 bits per heavy atom. The van der Waals surface area contributed by atoms with Gasteiger partial charge in [0.15, 0.2) is 5.79 Å². The quantitative estimate of drug-likeness (QED) is 0.371. The summed E-state index contributed by atoms with van der Waals surface area (Å²) in [5, 5.41) is 0. The first-order valence-electron chi connectivity index (χ1n) is 5.35. The molecule has 1 rings (SSSR count). The Balaban J connectivity index is 2.52. The molecule has 0 heterocycles. The molecule has 6 nitrogen and oxygen atoms in total. The van der Waals surface area contributed by atoms with Crippen molar-refractivity contribution in [3.8, 4) is 0 Å². The zero-order chi connectivity index (χ0) is 12.2. The third-order valence-corrected chi connectivity index (χ3v) is 2.58. The van der Waals surface area contributed by atoms with Crippen LogP contribution >= 0.6 is 0 Å². The summed E-state index contributed by atoms with van der Waals surface area (Å²) in [6.07, 6.45) is 1.71. The van der Waals surface area contributed by atoms with Gasteiger partial charge in [-0.1, -0.05) is 0 Å². The van der Waals surface area contributed by atoms with Crippen LogP contribution in [-0.4, -0.2) is 36.9 Å². The zero-order valence-electron chi connectivity index (χ0n) is 9.72. The fourth-order valence-corrected chi connectivity index (χ4v) is 1.85. The number of hydrogen-bond acceptors (Lipinski definition) is 6. The van der Waals surface area contributed by atoms with Gasteiger partial charge in [-0.2, -0.15) is 0 Å². The van der Waals surface area contributed by atoms with Crippen LogP contribution in [0.5, 0.6) is 0 Å². The molecule has 1 aliphatic carbocycles. The van der Waals surface area contributed by atoms with E-state index in [4.69, 9.17) is 25.9 Å². The molecule has 0 unspecified atom stereocenters. The van der Waals surface area contributed by atoms with Gasteiger partial charge in [0.25, 0.3) is 0 Å². The van der Waals surface area contributed by atoms with Crippen LogP contribution < -0.4 is 11.6 Å². The molecule has 94 valence electrons. The molecule has 3 atom stereocenters. The lowest BCUT2D eigenvalue weighted by atomic mass is 10.2. The van der Waals surface area contributed by atoms with Crippen molar-refractivity contribution < 1.29 is 19.1 Å². The van der Waals surface area contributed by atoms with Crippen LogP contribution in [0.4, 0.5) is 0 Å². The van der Waals surface area contributed by atoms with Crippen molar-refractivity contribution in [1.29, 1.82) is 0 Å². The highest BCUT2D eigenvalue weighted by atomic mass is 16.8. The van der Waals surface area contributed by atoms with E-state index in [1.54, 1.807) is 13.8 Å². The van der Waals surface area contributed by atoms with Crippen molar-refractivity contribution in [3.63, 3.8) is 0 Å². The lowest BCUT2D eigenvalue weighted by Gasteiger charge is -2.29. The largest absolute Gasteiger partial charge is 0.368 e. The first kappa shape index (κ1) is 13.5. The predicted octanol–water partition coefficient (Wildman–Crippen LogP) is -0.297. The van der Waals surface area contributed by atoms with E-state index < -0.39 is 5.79 Å². The second-order valence-corrected chi connectivity index (χ2v) is 4.44. The Morgan fingerprint density at radius 3 is 2.56 bits per heavy atom. The van der Waals surface area contributed by atoms with Crippen LogP contribution in [0.25, 0.3) is 0 Å². The molecule has 0 aromatic rings. The van der Waals surface area contributed by atoms with E-state index in [1.807, 2.05) is 0 Å². The van der Waals surface area contributed by atoms with Gasteiger partial charge in [0.2, 0.25) is 0 Å². The summed E-state index contributed by atoms with van der Waals surface area (Å²) in [7, 11) is 0. The SMILES string of the molecule is CC(C)(ON)O[C@H]1C[C@H](N)C[C@@H]1OCC=O. The van der Waals surface area contributed by atoms with Crippen LogP contribution in [0.15, 0.2) is 0 Å². The molecule has 0 aromatic heterocycles. The van der Waals surface area contributed by atoms with Crippen LogP contribution in [-0.2, 0) is 19.1 Å². The lowest BCUT2D eigenvalue weighted by molar-refractivity contribution is -0.253. The van der Waals surface area contributed by atoms with E-state index in [2.05, 4.69) is 0 Å². The van der Waals surface area contributed by atoms with Crippen LogP contribution in [0.3, 0.4) is 0 Å². The molecular weight excluding hydrogens is 212 g/mol. The number of hydrogen-bond donors (Lipinski definition) is 2. The van der Waals surface area contributed by atoms with Crippen molar-refractivity contribution >= 4 is 6.29 Å². The van der Waals surface area contributed by atoms with E-state index >= 15 is 0 Å². The highest BCUT2D eigenvalue weighted by molar-refractivity contribution is 5.50. The van der Waals surface area contributed by atoms with E-state index in [-0.39, 0.29) is 24.9 Å². The van der Waals surface area contributed by atoms with Crippen molar-refractivity contribution in [3.05, 3.63) is 0 Å². The molecule has 0 saturated heterocycles. The fourth-order valence-electron chi connectivity index (χ4n) is 1.85. The van der Waals surface area contributed by atoms with Gasteiger partial charge in [-0.25, -0.2) is 5.90 Å². The maximum atomic E-state index is 10.2. The third kappa shape index (κ3) is 3.80. The van der Waals surface area contributed by atoms with Crippen molar-refractivity contribution in [2.24, 2.45) is 11.6 Å². The Morgan fingerprint density at radius 1 is 1.38 bits per heavy atom. The molecule has 0 aliphatic heterocycles. The normalized spacial score (nSPS) is 30.6. The molecule has 0 spiro atoms. The van der Waals surface area contributed by atoms with Gasteiger partial charge in [0.1, 0.15) is 12.9 Å². The minimum Gasteiger partial charge on any atom is -0.368 e. The lowest BCUT2D eigenvalue weighted by Crippen LogP contribution is -2.39. The summed E-state index contributed by atoms with van der Waals surface area (Å²) < 4.78 is 11.0. The van der Waals surface area contributed by atoms with Gasteiger partial charge in [-0.15, -0.1) is 0 Å². The highest BCUT2D eigenvalue weighted by Gasteiger charge is 2.37. The molecule has 16 heavy (non-hydrogen) atoms. The number of carbonyl (C=O) groups is 1. The fraction of sp³-hybridized carbons (Fsp3) is 0.900. The van der Waals surface area contributed by atoms with Crippen LogP contribution in [0.2, 0.25) is 0 Å². The molecule has 1 fully saturated rings. The molecule has 1 aliphatic rings. The molecule has 6 heteroatoms. The summed E-state index contributed by atoms with van der Waals surface area (Å²) in [4.78, 5) is 14.9. The van der Waals surface area contributed by atoms with Gasteiger partial charge in [0, 0.05) is 6.04 Å². The third-order valence-electron chi connectivity index (χ3n) is 2.58. The molecule has 0 bridgehead atoms. The summed E-state index contributed by atoms with van der Waals surface area (Å²) in [6, 6.07) is 0.0234. The predicted molar refractivity (Wildman–Crippen MR) is 57.2 cm³/mol. The van der Waals surface area contributed by atoms with Gasteiger partial charge in [-0.05, 0) is 26.7 Å². The molecule has 0 amide bonds. The Labute approximate surface area is 95.2 Å². The summed E-state index contributed by atoms with van der Waals surface area (Å²) in [6.45, 7) is 3.49. The molecular formula is C10H20N2O4. The van der Waals surface area contributed by atoms with E-state index in [9.17, 15) is 4.79 Å². The number of nitrogens with two attached hydrogens (primary N) is 2. The van der Waals surface area contributed by atoms with Gasteiger partial charge in [-0.3, -0.25) is 4.84 Å². The molecule has 0 radical (unpaired) electrons. The minimum atomic E-state index is -0.877. The average Bonchev–Trinajstić information content (AvgIpc) is 2.55. The standard InChI is InChI=1S/C10H20N2O4/c1-10(2,16-12)15-9-6-7(11)5-8(9)14-4-3-13/h3,7-9H,4-6,11-12H2,1-2H3/t7-,8+,9+/m1/s1.